The standard InChI is InChI=1S/C19H23N3O4/c23-18(20-13-6-2-1-3-7-13)15-8-4-10-22(15)19(24)14-12-17(26-21-14)16-9-5-11-25-16/h5,9,11-13,15H,1-4,6-8,10H2,(H,20,23)/t15-/m1/s1. The number of amides is 2. The van der Waals surface area contributed by atoms with Crippen LogP contribution in [0.4, 0.5) is 0 Å². The lowest BCUT2D eigenvalue weighted by atomic mass is 9.95. The van der Waals surface area contributed by atoms with Crippen molar-refractivity contribution in [2.45, 2.75) is 57.0 Å². The Morgan fingerprint density at radius 3 is 2.73 bits per heavy atom. The molecule has 4 rings (SSSR count). The van der Waals surface area contributed by atoms with Crippen molar-refractivity contribution in [2.75, 3.05) is 6.54 Å². The molecule has 1 aliphatic heterocycles. The maximum Gasteiger partial charge on any atom is 0.276 e. The van der Waals surface area contributed by atoms with Gasteiger partial charge in [-0.15, -0.1) is 0 Å². The summed E-state index contributed by atoms with van der Waals surface area (Å²) in [7, 11) is 0. The Bertz CT molecular complexity index is 762. The van der Waals surface area contributed by atoms with Crippen LogP contribution in [0.15, 0.2) is 33.4 Å². The van der Waals surface area contributed by atoms with Gasteiger partial charge in [0.1, 0.15) is 6.04 Å². The van der Waals surface area contributed by atoms with E-state index in [0.29, 0.717) is 24.5 Å². The summed E-state index contributed by atoms with van der Waals surface area (Å²) < 4.78 is 10.5. The van der Waals surface area contributed by atoms with Crippen molar-refractivity contribution in [1.29, 1.82) is 0 Å². The Balaban J connectivity index is 1.44. The highest BCUT2D eigenvalue weighted by molar-refractivity contribution is 5.97. The molecule has 7 heteroatoms. The van der Waals surface area contributed by atoms with Crippen LogP contribution in [-0.2, 0) is 4.79 Å². The van der Waals surface area contributed by atoms with Gasteiger partial charge in [-0.25, -0.2) is 0 Å². The number of furan rings is 1. The van der Waals surface area contributed by atoms with Gasteiger partial charge < -0.3 is 19.2 Å². The molecule has 1 saturated heterocycles. The molecule has 2 aliphatic rings. The molecule has 1 saturated carbocycles. The van der Waals surface area contributed by atoms with Gasteiger partial charge in [0, 0.05) is 18.7 Å². The summed E-state index contributed by atoms with van der Waals surface area (Å²) in [4.78, 5) is 27.1. The third-order valence-electron chi connectivity index (χ3n) is 5.26. The molecule has 2 aromatic rings. The van der Waals surface area contributed by atoms with Crippen LogP contribution >= 0.6 is 0 Å². The van der Waals surface area contributed by atoms with Crippen LogP contribution in [0.1, 0.15) is 55.4 Å². The van der Waals surface area contributed by atoms with E-state index in [-0.39, 0.29) is 23.6 Å². The number of nitrogens with one attached hydrogen (secondary N) is 1. The molecular weight excluding hydrogens is 334 g/mol. The Morgan fingerprint density at radius 2 is 1.96 bits per heavy atom. The number of carbonyl (C=O) groups is 2. The smallest absolute Gasteiger partial charge is 0.276 e. The zero-order valence-corrected chi connectivity index (χ0v) is 14.6. The molecule has 1 atom stereocenters. The van der Waals surface area contributed by atoms with Crippen molar-refractivity contribution in [1.82, 2.24) is 15.4 Å². The van der Waals surface area contributed by atoms with Crippen LogP contribution in [0.3, 0.4) is 0 Å². The van der Waals surface area contributed by atoms with E-state index in [1.165, 1.54) is 12.7 Å². The summed E-state index contributed by atoms with van der Waals surface area (Å²) in [6.45, 7) is 0.560. The van der Waals surface area contributed by atoms with Gasteiger partial charge in [0.05, 0.1) is 6.26 Å². The Labute approximate surface area is 151 Å². The summed E-state index contributed by atoms with van der Waals surface area (Å²) in [6, 6.07) is 4.87. The zero-order valence-electron chi connectivity index (χ0n) is 14.6. The highest BCUT2D eigenvalue weighted by atomic mass is 16.5. The molecular formula is C19H23N3O4. The monoisotopic (exact) mass is 357 g/mol. The van der Waals surface area contributed by atoms with Crippen LogP contribution in [0.5, 0.6) is 0 Å². The van der Waals surface area contributed by atoms with Crippen LogP contribution in [0, 0.1) is 0 Å². The molecule has 0 spiro atoms. The second-order valence-electron chi connectivity index (χ2n) is 7.05. The molecule has 1 N–H and O–H groups in total. The predicted octanol–water partition coefficient (Wildman–Crippen LogP) is 2.99. The minimum Gasteiger partial charge on any atom is -0.461 e. The zero-order chi connectivity index (χ0) is 17.9. The number of nitrogens with zero attached hydrogens (tertiary/aromatic N) is 2. The highest BCUT2D eigenvalue weighted by Crippen LogP contribution is 2.25. The minimum atomic E-state index is -0.423. The van der Waals surface area contributed by atoms with E-state index in [4.69, 9.17) is 8.94 Å². The molecule has 7 nitrogen and oxygen atoms in total. The fourth-order valence-corrected chi connectivity index (χ4v) is 3.88. The predicted molar refractivity (Wildman–Crippen MR) is 93.3 cm³/mol. The molecule has 3 heterocycles. The molecule has 0 bridgehead atoms. The summed E-state index contributed by atoms with van der Waals surface area (Å²) in [5.41, 5.74) is 0.203. The molecule has 0 radical (unpaired) electrons. The Hall–Kier alpha value is -2.57. The first kappa shape index (κ1) is 16.9. The van der Waals surface area contributed by atoms with Crippen molar-refractivity contribution >= 4 is 11.8 Å². The van der Waals surface area contributed by atoms with E-state index in [0.717, 1.165) is 32.1 Å². The van der Waals surface area contributed by atoms with Crippen molar-refractivity contribution in [3.05, 3.63) is 30.2 Å². The minimum absolute atomic E-state index is 0.0440. The molecule has 138 valence electrons. The molecule has 1 aliphatic carbocycles. The van der Waals surface area contributed by atoms with Gasteiger partial charge in [0.25, 0.3) is 5.91 Å². The molecule has 2 aromatic heterocycles. The summed E-state index contributed by atoms with van der Waals surface area (Å²) in [5.74, 6) is 0.607. The molecule has 2 amide bonds. The maximum atomic E-state index is 12.8. The third-order valence-corrected chi connectivity index (χ3v) is 5.26. The van der Waals surface area contributed by atoms with Gasteiger partial charge in [-0.2, -0.15) is 0 Å². The number of aromatic nitrogens is 1. The fourth-order valence-electron chi connectivity index (χ4n) is 3.88. The summed E-state index contributed by atoms with van der Waals surface area (Å²) >= 11 is 0. The summed E-state index contributed by atoms with van der Waals surface area (Å²) in [5, 5.41) is 7.00. The fraction of sp³-hybridized carbons (Fsp3) is 0.526. The number of hydrogen-bond donors (Lipinski definition) is 1. The van der Waals surface area contributed by atoms with Crippen LogP contribution < -0.4 is 5.32 Å². The van der Waals surface area contributed by atoms with E-state index in [9.17, 15) is 9.59 Å². The van der Waals surface area contributed by atoms with Crippen molar-refractivity contribution in [3.63, 3.8) is 0 Å². The summed E-state index contributed by atoms with van der Waals surface area (Å²) in [6.07, 6.45) is 8.66. The van der Waals surface area contributed by atoms with E-state index < -0.39 is 6.04 Å². The topological polar surface area (TPSA) is 88.6 Å². The lowest BCUT2D eigenvalue weighted by Crippen LogP contribution is -2.49. The second-order valence-corrected chi connectivity index (χ2v) is 7.05. The van der Waals surface area contributed by atoms with Crippen LogP contribution in [0.25, 0.3) is 11.5 Å². The van der Waals surface area contributed by atoms with Crippen molar-refractivity contribution in [3.8, 4) is 11.5 Å². The average molecular weight is 357 g/mol. The Morgan fingerprint density at radius 1 is 1.12 bits per heavy atom. The lowest BCUT2D eigenvalue weighted by molar-refractivity contribution is -0.125. The van der Waals surface area contributed by atoms with E-state index in [2.05, 4.69) is 10.5 Å². The third kappa shape index (κ3) is 3.38. The van der Waals surface area contributed by atoms with E-state index >= 15 is 0 Å². The number of likely N-dealkylation sites (tertiary alicyclic amines) is 1. The first-order valence-electron chi connectivity index (χ1n) is 9.34. The average Bonchev–Trinajstić information content (AvgIpc) is 3.42. The van der Waals surface area contributed by atoms with Crippen molar-refractivity contribution < 1.29 is 18.5 Å². The number of rotatable bonds is 4. The number of hydrogen-bond acceptors (Lipinski definition) is 5. The second kappa shape index (κ2) is 7.35. The Kier molecular flexibility index (Phi) is 4.77. The number of carbonyl (C=O) groups excluding carboxylic acids is 2. The van der Waals surface area contributed by atoms with E-state index in [1.54, 1.807) is 23.1 Å². The largest absolute Gasteiger partial charge is 0.461 e. The lowest BCUT2D eigenvalue weighted by Gasteiger charge is -2.27. The van der Waals surface area contributed by atoms with Crippen LogP contribution in [0.2, 0.25) is 0 Å². The van der Waals surface area contributed by atoms with Gasteiger partial charge in [-0.1, -0.05) is 24.4 Å². The maximum absolute atomic E-state index is 12.8. The van der Waals surface area contributed by atoms with Gasteiger partial charge in [0.2, 0.25) is 11.7 Å². The van der Waals surface area contributed by atoms with Gasteiger partial charge >= 0.3 is 0 Å². The molecule has 2 fully saturated rings. The highest BCUT2D eigenvalue weighted by Gasteiger charge is 2.36. The van der Waals surface area contributed by atoms with Crippen molar-refractivity contribution in [2.24, 2.45) is 0 Å². The molecule has 0 unspecified atom stereocenters. The van der Waals surface area contributed by atoms with Gasteiger partial charge in [0.15, 0.2) is 11.5 Å². The molecule has 0 aromatic carbocycles. The first-order valence-corrected chi connectivity index (χ1v) is 9.34. The SMILES string of the molecule is O=C(NC1CCCCC1)[C@H]1CCCN1C(=O)c1cc(-c2ccco2)on1. The molecule has 26 heavy (non-hydrogen) atoms. The first-order chi connectivity index (χ1) is 12.7. The van der Waals surface area contributed by atoms with Gasteiger partial charge in [-0.05, 0) is 37.8 Å². The quantitative estimate of drug-likeness (QED) is 0.909. The van der Waals surface area contributed by atoms with Gasteiger partial charge in [-0.3, -0.25) is 9.59 Å². The van der Waals surface area contributed by atoms with Crippen LogP contribution in [-0.4, -0.2) is 40.5 Å². The normalized spacial score (nSPS) is 21.1. The van der Waals surface area contributed by atoms with E-state index in [1.807, 2.05) is 0 Å².